The first-order chi connectivity index (χ1) is 16.7. The highest BCUT2D eigenvalue weighted by molar-refractivity contribution is 7.43. The lowest BCUT2D eigenvalue weighted by Crippen LogP contribution is -2.46. The second-order valence-corrected chi connectivity index (χ2v) is 9.62. The lowest BCUT2D eigenvalue weighted by molar-refractivity contribution is -0.138. The van der Waals surface area contributed by atoms with Crippen molar-refractivity contribution < 1.29 is 28.1 Å². The lowest BCUT2D eigenvalue weighted by Gasteiger charge is -2.23. The fraction of sp³-hybridized carbons (Fsp3) is 0.259. The monoisotopic (exact) mass is 496 g/mol. The van der Waals surface area contributed by atoms with Gasteiger partial charge < -0.3 is 9.84 Å². The van der Waals surface area contributed by atoms with E-state index in [1.807, 2.05) is 44.2 Å². The predicted octanol–water partition coefficient (Wildman–Crippen LogP) is 6.03. The van der Waals surface area contributed by atoms with Crippen molar-refractivity contribution in [2.24, 2.45) is 0 Å². The van der Waals surface area contributed by atoms with E-state index in [2.05, 4.69) is 6.58 Å². The molecule has 3 unspecified atom stereocenters. The van der Waals surface area contributed by atoms with E-state index in [4.69, 9.17) is 14.2 Å². The number of aromatic nitrogens is 1. The number of ether oxygens (including phenoxy) is 1. The molecule has 0 spiro atoms. The van der Waals surface area contributed by atoms with Gasteiger partial charge in [0.25, 0.3) is 0 Å². The molecule has 35 heavy (non-hydrogen) atoms. The van der Waals surface area contributed by atoms with Gasteiger partial charge in [0, 0.05) is 11.1 Å². The summed E-state index contributed by atoms with van der Waals surface area (Å²) in [5.74, 6) is -1.25. The molecule has 0 bridgehead atoms. The number of aliphatic hydroxyl groups is 1. The molecule has 0 fully saturated rings. The molecule has 3 aromatic rings. The molecule has 0 aliphatic carbocycles. The Hall–Kier alpha value is -3.25. The van der Waals surface area contributed by atoms with Crippen LogP contribution in [0.3, 0.4) is 0 Å². The molecule has 1 heterocycles. The summed E-state index contributed by atoms with van der Waals surface area (Å²) in [4.78, 5) is 18.3. The van der Waals surface area contributed by atoms with Crippen LogP contribution in [-0.2, 0) is 20.3 Å². The highest BCUT2D eigenvalue weighted by atomic mass is 31.1. The van der Waals surface area contributed by atoms with Gasteiger partial charge in [0.05, 0.1) is 18.5 Å². The van der Waals surface area contributed by atoms with Crippen LogP contribution < -0.4 is 4.74 Å². The van der Waals surface area contributed by atoms with Gasteiger partial charge in [-0.15, -0.1) is 4.52 Å². The van der Waals surface area contributed by atoms with Crippen molar-refractivity contribution in [1.29, 1.82) is 0 Å². The lowest BCUT2D eigenvalue weighted by atomic mass is 9.94. The summed E-state index contributed by atoms with van der Waals surface area (Å²) in [6.07, 6.45) is 0.0840. The van der Waals surface area contributed by atoms with Crippen molar-refractivity contribution in [3.05, 3.63) is 84.3 Å². The van der Waals surface area contributed by atoms with Crippen molar-refractivity contribution in [2.75, 3.05) is 7.11 Å². The molecular formula is C27H28FNO5P+. The number of esters is 1. The maximum atomic E-state index is 13.7. The van der Waals surface area contributed by atoms with E-state index in [-0.39, 0.29) is 5.75 Å². The summed E-state index contributed by atoms with van der Waals surface area (Å²) < 4.78 is 37.3. The van der Waals surface area contributed by atoms with Crippen molar-refractivity contribution in [3.63, 3.8) is 0 Å². The van der Waals surface area contributed by atoms with Crippen LogP contribution in [0, 0.1) is 12.7 Å². The van der Waals surface area contributed by atoms with Crippen LogP contribution in [0.15, 0.2) is 67.3 Å². The smallest absolute Gasteiger partial charge is 0.420 e. The van der Waals surface area contributed by atoms with Crippen molar-refractivity contribution in [3.8, 4) is 28.1 Å². The van der Waals surface area contributed by atoms with Crippen molar-refractivity contribution in [2.45, 2.75) is 38.5 Å². The number of pyridine rings is 1. The predicted molar refractivity (Wildman–Crippen MR) is 134 cm³/mol. The van der Waals surface area contributed by atoms with Gasteiger partial charge in [0.15, 0.2) is 5.75 Å². The summed E-state index contributed by atoms with van der Waals surface area (Å²) in [7, 11) is -1.52. The minimum atomic E-state index is -2.70. The normalized spacial score (nSPS) is 14.1. The number of halogens is 1. The van der Waals surface area contributed by atoms with E-state index in [9.17, 15) is 18.9 Å². The molecule has 1 aromatic heterocycles. The Morgan fingerprint density at radius 1 is 1.20 bits per heavy atom. The number of nitrogens with zero attached hydrogens (tertiary/aromatic N) is 1. The van der Waals surface area contributed by atoms with E-state index in [1.54, 1.807) is 12.1 Å². The van der Waals surface area contributed by atoms with Gasteiger partial charge in [-0.2, -0.15) is 0 Å². The Morgan fingerprint density at radius 2 is 1.83 bits per heavy atom. The third kappa shape index (κ3) is 4.94. The summed E-state index contributed by atoms with van der Waals surface area (Å²) in [5, 5.41) is 8.41. The van der Waals surface area contributed by atoms with Gasteiger partial charge in [0.2, 0.25) is 0 Å². The Kier molecular flexibility index (Phi) is 8.28. The molecule has 0 saturated heterocycles. The van der Waals surface area contributed by atoms with Crippen LogP contribution in [0.4, 0.5) is 4.39 Å². The highest BCUT2D eigenvalue weighted by Gasteiger charge is 2.61. The second-order valence-electron chi connectivity index (χ2n) is 8.00. The Bertz CT molecular complexity index is 1240. The quantitative estimate of drug-likeness (QED) is 0.221. The first-order valence-electron chi connectivity index (χ1n) is 11.1. The fourth-order valence-corrected chi connectivity index (χ4v) is 4.90. The number of aliphatic hydroxyl groups excluding tert-OH is 1. The Labute approximate surface area is 205 Å². The zero-order valence-corrected chi connectivity index (χ0v) is 21.0. The summed E-state index contributed by atoms with van der Waals surface area (Å²) in [5.41, 5.74) is 3.89. The number of aryl methyl sites for hydroxylation is 1. The van der Waals surface area contributed by atoms with Gasteiger partial charge in [-0.3, -0.25) is 0 Å². The minimum Gasteiger partial charge on any atom is -0.420 e. The zero-order chi connectivity index (χ0) is 25.8. The maximum Gasteiger partial charge on any atom is 0.533 e. The van der Waals surface area contributed by atoms with E-state index in [0.717, 1.165) is 11.6 Å². The third-order valence-electron chi connectivity index (χ3n) is 5.92. The van der Waals surface area contributed by atoms with Crippen LogP contribution in [0.1, 0.15) is 25.1 Å². The van der Waals surface area contributed by atoms with Crippen LogP contribution in [-0.4, -0.2) is 34.4 Å². The van der Waals surface area contributed by atoms with Crippen LogP contribution >= 0.6 is 8.03 Å². The summed E-state index contributed by atoms with van der Waals surface area (Å²) >= 11 is 0. The first kappa shape index (κ1) is 26.4. The molecule has 0 amide bonds. The van der Waals surface area contributed by atoms with Gasteiger partial charge in [-0.25, -0.2) is 14.2 Å². The molecule has 3 rings (SSSR count). The van der Waals surface area contributed by atoms with Gasteiger partial charge in [-0.05, 0) is 54.2 Å². The SMILES string of the molecule is C=CC(C(=O)Oc1c(CC)nc(-c2ccccc2)c(C)c1-c1ccc(F)cc1)(C(C)O)[P+](=O)OC. The highest BCUT2D eigenvalue weighted by Crippen LogP contribution is 2.46. The molecule has 3 atom stereocenters. The Morgan fingerprint density at radius 3 is 2.34 bits per heavy atom. The van der Waals surface area contributed by atoms with Gasteiger partial charge >= 0.3 is 19.2 Å². The second kappa shape index (κ2) is 11.0. The third-order valence-corrected chi connectivity index (χ3v) is 7.59. The van der Waals surface area contributed by atoms with E-state index in [1.165, 1.54) is 26.2 Å². The number of carbonyl (C=O) groups excluding carboxylic acids is 1. The Balaban J connectivity index is 2.30. The fourth-order valence-electron chi connectivity index (χ4n) is 3.94. The summed E-state index contributed by atoms with van der Waals surface area (Å²) in [6.45, 7) is 8.63. The number of hydrogen-bond acceptors (Lipinski definition) is 6. The van der Waals surface area contributed by atoms with Crippen molar-refractivity contribution in [1.82, 2.24) is 4.98 Å². The van der Waals surface area contributed by atoms with Crippen LogP contribution in [0.5, 0.6) is 5.75 Å². The zero-order valence-electron chi connectivity index (χ0n) is 20.1. The topological polar surface area (TPSA) is 85.7 Å². The van der Waals surface area contributed by atoms with E-state index in [0.29, 0.717) is 34.5 Å². The maximum absolute atomic E-state index is 13.7. The molecule has 0 aliphatic rings. The van der Waals surface area contributed by atoms with E-state index >= 15 is 0 Å². The standard InChI is InChI=1S/C27H28FNO5P/c1-6-22-25(34-26(31)27(7-2,18(4)30)35(32)33-5)23(19-13-15-21(28)16-14-19)17(3)24(29-22)20-11-9-8-10-12-20/h7-16,18,30H,2,6H2,1,3-5H3/q+1. The summed E-state index contributed by atoms with van der Waals surface area (Å²) in [6, 6.07) is 15.4. The molecule has 0 saturated carbocycles. The number of hydrogen-bond donors (Lipinski definition) is 1. The average Bonchev–Trinajstić information content (AvgIpc) is 2.86. The minimum absolute atomic E-state index is 0.146. The van der Waals surface area contributed by atoms with Gasteiger partial charge in [-0.1, -0.05) is 56.0 Å². The number of rotatable bonds is 9. The van der Waals surface area contributed by atoms with Gasteiger partial charge in [0.1, 0.15) is 11.9 Å². The molecular weight excluding hydrogens is 468 g/mol. The number of benzene rings is 2. The molecule has 182 valence electrons. The molecule has 0 radical (unpaired) electrons. The molecule has 8 heteroatoms. The molecule has 6 nitrogen and oxygen atoms in total. The average molecular weight is 496 g/mol. The first-order valence-corrected chi connectivity index (χ1v) is 12.3. The van der Waals surface area contributed by atoms with Crippen LogP contribution in [0.2, 0.25) is 0 Å². The van der Waals surface area contributed by atoms with Crippen molar-refractivity contribution >= 4 is 14.0 Å². The molecule has 1 N–H and O–H groups in total. The molecule has 0 aliphatic heterocycles. The largest absolute Gasteiger partial charge is 0.533 e. The molecule has 2 aromatic carbocycles. The van der Waals surface area contributed by atoms with Crippen LogP contribution in [0.25, 0.3) is 22.4 Å². The van der Waals surface area contributed by atoms with E-state index < -0.39 is 31.1 Å². The number of carbonyl (C=O) groups is 1.